The molecule has 0 aromatic carbocycles. The second-order valence-electron chi connectivity index (χ2n) is 9.10. The van der Waals surface area contributed by atoms with Gasteiger partial charge in [-0.15, -0.1) is 0 Å². The Hall–Kier alpha value is -3.61. The third-order valence-corrected chi connectivity index (χ3v) is 6.64. The normalized spacial score (nSPS) is 22.0. The average molecular weight is 509 g/mol. The Bertz CT molecular complexity index is 1440. The summed E-state index contributed by atoms with van der Waals surface area (Å²) in [6.07, 6.45) is -2.99. The summed E-state index contributed by atoms with van der Waals surface area (Å²) in [5.41, 5.74) is -2.55. The quantitative estimate of drug-likeness (QED) is 0.514. The number of hydrogen-bond donors (Lipinski definition) is 2. The van der Waals surface area contributed by atoms with Crippen LogP contribution in [0.3, 0.4) is 0 Å². The van der Waals surface area contributed by atoms with Gasteiger partial charge in [0.1, 0.15) is 23.2 Å². The number of aromatic nitrogens is 3. The van der Waals surface area contributed by atoms with Gasteiger partial charge in [-0.3, -0.25) is 14.2 Å². The van der Waals surface area contributed by atoms with Crippen molar-refractivity contribution in [1.82, 2.24) is 19.9 Å². The fourth-order valence-corrected chi connectivity index (χ4v) is 4.56. The Morgan fingerprint density at radius 2 is 2.08 bits per heavy atom. The van der Waals surface area contributed by atoms with Crippen LogP contribution in [0, 0.1) is 17.6 Å². The van der Waals surface area contributed by atoms with Crippen molar-refractivity contribution in [1.29, 1.82) is 0 Å². The van der Waals surface area contributed by atoms with Crippen LogP contribution < -0.4 is 15.6 Å². The van der Waals surface area contributed by atoms with Crippen molar-refractivity contribution in [3.05, 3.63) is 58.0 Å². The minimum Gasteiger partial charge on any atom is -0.388 e. The predicted molar refractivity (Wildman–Crippen MR) is 118 cm³/mol. The summed E-state index contributed by atoms with van der Waals surface area (Å²) in [5.74, 6) is -3.50. The molecule has 1 amide bonds. The Kier molecular flexibility index (Phi) is 5.50. The van der Waals surface area contributed by atoms with E-state index in [-0.39, 0.29) is 17.0 Å². The van der Waals surface area contributed by atoms with Crippen molar-refractivity contribution in [3.63, 3.8) is 0 Å². The van der Waals surface area contributed by atoms with Gasteiger partial charge in [0.05, 0.1) is 17.2 Å². The number of nitrogens with zero attached hydrogens (tertiary/aromatic N) is 4. The van der Waals surface area contributed by atoms with E-state index in [0.717, 1.165) is 10.8 Å². The van der Waals surface area contributed by atoms with Crippen molar-refractivity contribution >= 4 is 22.8 Å². The summed E-state index contributed by atoms with van der Waals surface area (Å²) < 4.78 is 68.8. The zero-order valence-corrected chi connectivity index (χ0v) is 18.8. The highest BCUT2D eigenvalue weighted by atomic mass is 19.4. The summed E-state index contributed by atoms with van der Waals surface area (Å²) in [6, 6.07) is 1.13. The van der Waals surface area contributed by atoms with E-state index >= 15 is 0 Å². The molecule has 36 heavy (non-hydrogen) atoms. The lowest BCUT2D eigenvalue weighted by molar-refractivity contribution is -0.153. The SMILES string of the molecule is CCC(NC(=O)c1cn(-c2ncc(F)cc2F)c2nc(N3CC4CC4(O)C3)ccc2c1=O)C(F)(F)F. The van der Waals surface area contributed by atoms with Gasteiger partial charge < -0.3 is 15.3 Å². The molecule has 2 aliphatic rings. The Morgan fingerprint density at radius 3 is 2.69 bits per heavy atom. The highest BCUT2D eigenvalue weighted by Gasteiger charge is 2.59. The molecule has 0 radical (unpaired) electrons. The van der Waals surface area contributed by atoms with Gasteiger partial charge in [-0.25, -0.2) is 18.7 Å². The molecule has 1 saturated carbocycles. The summed E-state index contributed by atoms with van der Waals surface area (Å²) >= 11 is 0. The molecule has 5 rings (SSSR count). The largest absolute Gasteiger partial charge is 0.408 e. The monoisotopic (exact) mass is 509 g/mol. The fraction of sp³-hybridized carbons (Fsp3) is 0.391. The topological polar surface area (TPSA) is 100 Å². The van der Waals surface area contributed by atoms with Crippen LogP contribution in [0.4, 0.5) is 27.8 Å². The number of anilines is 1. The molecule has 3 unspecified atom stereocenters. The fourth-order valence-electron chi connectivity index (χ4n) is 4.56. The zero-order chi connectivity index (χ0) is 26.0. The first-order chi connectivity index (χ1) is 16.9. The third kappa shape index (κ3) is 4.06. The Morgan fingerprint density at radius 1 is 1.33 bits per heavy atom. The number of pyridine rings is 3. The maximum atomic E-state index is 14.7. The van der Waals surface area contributed by atoms with Gasteiger partial charge in [0, 0.05) is 31.3 Å². The van der Waals surface area contributed by atoms with E-state index in [1.165, 1.54) is 19.1 Å². The molecule has 13 heteroatoms. The molecule has 4 heterocycles. The van der Waals surface area contributed by atoms with Gasteiger partial charge in [-0.05, 0) is 25.0 Å². The first-order valence-corrected chi connectivity index (χ1v) is 11.1. The number of carbonyl (C=O) groups is 1. The van der Waals surface area contributed by atoms with Crippen molar-refractivity contribution in [2.75, 3.05) is 18.0 Å². The number of hydrogen-bond acceptors (Lipinski definition) is 6. The van der Waals surface area contributed by atoms with Crippen molar-refractivity contribution in [2.45, 2.75) is 37.6 Å². The van der Waals surface area contributed by atoms with Gasteiger partial charge in [0.2, 0.25) is 5.43 Å². The molecule has 1 aliphatic carbocycles. The van der Waals surface area contributed by atoms with Crippen LogP contribution in [0.5, 0.6) is 0 Å². The van der Waals surface area contributed by atoms with Crippen LogP contribution in [0.1, 0.15) is 30.1 Å². The summed E-state index contributed by atoms with van der Waals surface area (Å²) in [4.78, 5) is 35.8. The van der Waals surface area contributed by atoms with E-state index in [1.54, 1.807) is 10.2 Å². The van der Waals surface area contributed by atoms with Gasteiger partial charge in [0.25, 0.3) is 5.91 Å². The van der Waals surface area contributed by atoms with E-state index < -0.39 is 58.6 Å². The maximum absolute atomic E-state index is 14.7. The highest BCUT2D eigenvalue weighted by molar-refractivity contribution is 5.97. The lowest BCUT2D eigenvalue weighted by atomic mass is 10.1. The Labute approximate surface area is 200 Å². The van der Waals surface area contributed by atoms with E-state index in [9.17, 15) is 36.6 Å². The molecule has 1 aliphatic heterocycles. The second kappa shape index (κ2) is 8.22. The molecule has 8 nitrogen and oxygen atoms in total. The molecule has 190 valence electrons. The number of aliphatic hydroxyl groups is 1. The van der Waals surface area contributed by atoms with Crippen LogP contribution in [0.15, 0.2) is 35.4 Å². The molecule has 3 aromatic rings. The molecule has 1 saturated heterocycles. The zero-order valence-electron chi connectivity index (χ0n) is 18.8. The van der Waals surface area contributed by atoms with Crippen LogP contribution in [-0.4, -0.2) is 56.5 Å². The number of nitrogens with one attached hydrogen (secondary N) is 1. The van der Waals surface area contributed by atoms with Crippen LogP contribution in [0.2, 0.25) is 0 Å². The molecule has 2 fully saturated rings. The summed E-state index contributed by atoms with van der Waals surface area (Å²) in [7, 11) is 0. The predicted octanol–water partition coefficient (Wildman–Crippen LogP) is 2.70. The molecule has 3 aromatic heterocycles. The molecule has 0 spiro atoms. The first kappa shape index (κ1) is 24.1. The Balaban J connectivity index is 1.65. The van der Waals surface area contributed by atoms with Crippen molar-refractivity contribution < 1.29 is 31.9 Å². The number of rotatable bonds is 5. The van der Waals surface area contributed by atoms with E-state index in [1.807, 2.05) is 0 Å². The number of amides is 1. The van der Waals surface area contributed by atoms with Crippen LogP contribution in [0.25, 0.3) is 16.9 Å². The van der Waals surface area contributed by atoms with Crippen molar-refractivity contribution in [2.24, 2.45) is 5.92 Å². The molecular weight excluding hydrogens is 489 g/mol. The number of alkyl halides is 3. The first-order valence-electron chi connectivity index (χ1n) is 11.1. The van der Waals surface area contributed by atoms with Crippen LogP contribution >= 0.6 is 0 Å². The molecular formula is C23H20F5N5O3. The summed E-state index contributed by atoms with van der Waals surface area (Å²) in [5, 5.41) is 12.0. The number of piperidine rings is 1. The smallest absolute Gasteiger partial charge is 0.388 e. The molecule has 0 bridgehead atoms. The van der Waals surface area contributed by atoms with Crippen molar-refractivity contribution in [3.8, 4) is 5.82 Å². The maximum Gasteiger partial charge on any atom is 0.408 e. The highest BCUT2D eigenvalue weighted by Crippen LogP contribution is 2.50. The summed E-state index contributed by atoms with van der Waals surface area (Å²) in [6.45, 7) is 2.04. The lowest BCUT2D eigenvalue weighted by Crippen LogP contribution is -2.46. The number of β-amino-alcohol motifs (C(OH)–C–C–N with tert-alkyl or cyclic N) is 1. The van der Waals surface area contributed by atoms with Gasteiger partial charge in [-0.1, -0.05) is 6.92 Å². The standard InChI is InChI=1S/C23H20F5N5O3/c1-2-16(23(26,27)28)30-21(35)14-9-33(20-15(25)5-12(24)7-29-20)19-13(18(14)34)3-4-17(31-19)32-8-11-6-22(11,36)10-32/h3-5,7,9,11,16,36H,2,6,8,10H2,1H3,(H,30,35). The van der Waals surface area contributed by atoms with Gasteiger partial charge >= 0.3 is 6.18 Å². The average Bonchev–Trinajstić information content (AvgIpc) is 3.32. The number of fused-ring (bicyclic) bond motifs is 2. The van der Waals surface area contributed by atoms with E-state index in [4.69, 9.17) is 0 Å². The number of halogens is 5. The lowest BCUT2D eigenvalue weighted by Gasteiger charge is -2.22. The molecule has 2 N–H and O–H groups in total. The van der Waals surface area contributed by atoms with Gasteiger partial charge in [-0.2, -0.15) is 13.2 Å². The number of carbonyl (C=O) groups excluding carboxylic acids is 1. The third-order valence-electron chi connectivity index (χ3n) is 6.64. The minimum atomic E-state index is -4.75. The minimum absolute atomic E-state index is 0.0830. The van der Waals surface area contributed by atoms with Crippen LogP contribution in [-0.2, 0) is 0 Å². The van der Waals surface area contributed by atoms with E-state index in [0.29, 0.717) is 37.6 Å². The molecule has 3 atom stereocenters. The van der Waals surface area contributed by atoms with E-state index in [2.05, 4.69) is 9.97 Å². The second-order valence-corrected chi connectivity index (χ2v) is 9.10. The van der Waals surface area contributed by atoms with Gasteiger partial charge in [0.15, 0.2) is 17.3 Å².